The van der Waals surface area contributed by atoms with Crippen molar-refractivity contribution in [2.24, 2.45) is 5.73 Å². The lowest BCUT2D eigenvalue weighted by atomic mass is 10.00. The molecule has 0 spiro atoms. The fourth-order valence-corrected chi connectivity index (χ4v) is 3.14. The van der Waals surface area contributed by atoms with Gasteiger partial charge < -0.3 is 15.4 Å². The van der Waals surface area contributed by atoms with Gasteiger partial charge in [0.1, 0.15) is 0 Å². The van der Waals surface area contributed by atoms with E-state index in [1.165, 1.54) is 11.1 Å². The number of nitrogens with zero attached hydrogens (tertiary/aromatic N) is 2. The zero-order valence-corrected chi connectivity index (χ0v) is 12.9. The van der Waals surface area contributed by atoms with Gasteiger partial charge in [-0.3, -0.25) is 4.90 Å². The van der Waals surface area contributed by atoms with Crippen LogP contribution in [0.5, 0.6) is 0 Å². The summed E-state index contributed by atoms with van der Waals surface area (Å²) in [4.78, 5) is 4.92. The van der Waals surface area contributed by atoms with E-state index in [0.717, 1.165) is 19.6 Å². The van der Waals surface area contributed by atoms with Crippen LogP contribution in [0.2, 0.25) is 0 Å². The highest BCUT2D eigenvalue weighted by molar-refractivity contribution is 5.26. The van der Waals surface area contributed by atoms with Gasteiger partial charge in [-0.05, 0) is 25.1 Å². The molecule has 1 aromatic carbocycles. The number of likely N-dealkylation sites (N-methyl/N-ethyl adjacent to an activating group) is 1. The van der Waals surface area contributed by atoms with Crippen LogP contribution in [-0.2, 0) is 11.3 Å². The first-order valence-corrected chi connectivity index (χ1v) is 7.37. The minimum atomic E-state index is 0.301. The molecular weight excluding hydrogens is 250 g/mol. The number of nitrogens with two attached hydrogens (primary N) is 1. The molecule has 112 valence electrons. The number of hydrogen-bond acceptors (Lipinski definition) is 4. The smallest absolute Gasteiger partial charge is 0.0713 e. The van der Waals surface area contributed by atoms with E-state index in [0.29, 0.717) is 25.2 Å². The Balaban J connectivity index is 2.16. The Bertz CT molecular complexity index is 424. The maximum Gasteiger partial charge on any atom is 0.0713 e. The first-order valence-electron chi connectivity index (χ1n) is 7.37. The van der Waals surface area contributed by atoms with Crippen LogP contribution in [0, 0.1) is 0 Å². The molecular formula is C16H27N3O. The summed E-state index contributed by atoms with van der Waals surface area (Å²) < 4.78 is 5.23. The van der Waals surface area contributed by atoms with Gasteiger partial charge in [-0.15, -0.1) is 0 Å². The maximum atomic E-state index is 6.07. The zero-order valence-electron chi connectivity index (χ0n) is 12.9. The van der Waals surface area contributed by atoms with E-state index in [1.807, 2.05) is 0 Å². The van der Waals surface area contributed by atoms with E-state index >= 15 is 0 Å². The van der Waals surface area contributed by atoms with Gasteiger partial charge in [-0.2, -0.15) is 0 Å². The normalized spacial score (nSPS) is 22.9. The largest absolute Gasteiger partial charge is 0.380 e. The third-order valence-corrected chi connectivity index (χ3v) is 4.15. The molecule has 2 atom stereocenters. The van der Waals surface area contributed by atoms with Crippen molar-refractivity contribution in [2.45, 2.75) is 25.6 Å². The predicted molar refractivity (Wildman–Crippen MR) is 82.6 cm³/mol. The van der Waals surface area contributed by atoms with Crippen LogP contribution >= 0.6 is 0 Å². The molecule has 0 aromatic heterocycles. The summed E-state index contributed by atoms with van der Waals surface area (Å²) in [6.45, 7) is 6.89. The van der Waals surface area contributed by atoms with Crippen LogP contribution in [0.25, 0.3) is 0 Å². The number of piperazine rings is 1. The molecule has 1 aliphatic heterocycles. The van der Waals surface area contributed by atoms with Crippen LogP contribution in [0.15, 0.2) is 24.3 Å². The van der Waals surface area contributed by atoms with E-state index in [1.54, 1.807) is 7.11 Å². The number of ether oxygens (including phenoxy) is 1. The summed E-state index contributed by atoms with van der Waals surface area (Å²) in [5.74, 6) is 0. The molecule has 1 fully saturated rings. The second kappa shape index (κ2) is 7.18. The fraction of sp³-hybridized carbons (Fsp3) is 0.625. The summed E-state index contributed by atoms with van der Waals surface area (Å²) in [7, 11) is 3.92. The molecule has 0 bridgehead atoms. The molecule has 20 heavy (non-hydrogen) atoms. The molecule has 0 radical (unpaired) electrons. The molecule has 4 nitrogen and oxygen atoms in total. The standard InChI is InChI=1S/C16H27N3O/c1-13-11-18(2)7-8-19(13)16(10-17)15-6-4-5-14(9-15)12-20-3/h4-6,9,13,16H,7-8,10-12,17H2,1-3H3. The quantitative estimate of drug-likeness (QED) is 0.885. The van der Waals surface area contributed by atoms with E-state index in [9.17, 15) is 0 Å². The van der Waals surface area contributed by atoms with Crippen molar-refractivity contribution in [3.8, 4) is 0 Å². The first-order chi connectivity index (χ1) is 9.65. The van der Waals surface area contributed by atoms with Gasteiger partial charge in [0, 0.05) is 45.4 Å². The van der Waals surface area contributed by atoms with Crippen LogP contribution in [0.3, 0.4) is 0 Å². The average Bonchev–Trinajstić information content (AvgIpc) is 2.43. The van der Waals surface area contributed by atoms with E-state index in [4.69, 9.17) is 10.5 Å². The van der Waals surface area contributed by atoms with Crippen LogP contribution in [0.4, 0.5) is 0 Å². The van der Waals surface area contributed by atoms with Crippen molar-refractivity contribution in [1.29, 1.82) is 0 Å². The summed E-state index contributed by atoms with van der Waals surface area (Å²) in [6, 6.07) is 9.46. The summed E-state index contributed by atoms with van der Waals surface area (Å²) in [6.07, 6.45) is 0. The third-order valence-electron chi connectivity index (χ3n) is 4.15. The van der Waals surface area contributed by atoms with Gasteiger partial charge in [0.2, 0.25) is 0 Å². The van der Waals surface area contributed by atoms with Gasteiger partial charge in [0.15, 0.2) is 0 Å². The molecule has 1 aliphatic rings. The van der Waals surface area contributed by atoms with Gasteiger partial charge in [0.25, 0.3) is 0 Å². The maximum absolute atomic E-state index is 6.07. The van der Waals surface area contributed by atoms with Crippen molar-refractivity contribution in [2.75, 3.05) is 40.3 Å². The summed E-state index contributed by atoms with van der Waals surface area (Å²) in [5, 5.41) is 0. The van der Waals surface area contributed by atoms with E-state index in [2.05, 4.69) is 48.0 Å². The Morgan fingerprint density at radius 3 is 2.85 bits per heavy atom. The number of benzene rings is 1. The minimum Gasteiger partial charge on any atom is -0.380 e. The van der Waals surface area contributed by atoms with Gasteiger partial charge in [-0.25, -0.2) is 0 Å². The molecule has 2 unspecified atom stereocenters. The van der Waals surface area contributed by atoms with Crippen LogP contribution in [-0.4, -0.2) is 56.2 Å². The monoisotopic (exact) mass is 277 g/mol. The molecule has 2 N–H and O–H groups in total. The zero-order chi connectivity index (χ0) is 14.5. The lowest BCUT2D eigenvalue weighted by Crippen LogP contribution is -2.52. The van der Waals surface area contributed by atoms with Crippen LogP contribution in [0.1, 0.15) is 24.1 Å². The lowest BCUT2D eigenvalue weighted by Gasteiger charge is -2.42. The Kier molecular flexibility index (Phi) is 5.54. The molecule has 0 aliphatic carbocycles. The van der Waals surface area contributed by atoms with Crippen molar-refractivity contribution < 1.29 is 4.74 Å². The second-order valence-electron chi connectivity index (χ2n) is 5.78. The average molecular weight is 277 g/mol. The van der Waals surface area contributed by atoms with Crippen molar-refractivity contribution >= 4 is 0 Å². The number of hydrogen-bond donors (Lipinski definition) is 1. The van der Waals surface area contributed by atoms with E-state index < -0.39 is 0 Å². The molecule has 1 aromatic rings. The highest BCUT2D eigenvalue weighted by Gasteiger charge is 2.28. The van der Waals surface area contributed by atoms with Crippen molar-refractivity contribution in [3.63, 3.8) is 0 Å². The number of rotatable bonds is 5. The first kappa shape index (κ1) is 15.4. The summed E-state index contributed by atoms with van der Waals surface area (Å²) in [5.41, 5.74) is 8.59. The third kappa shape index (κ3) is 3.58. The van der Waals surface area contributed by atoms with Crippen molar-refractivity contribution in [3.05, 3.63) is 35.4 Å². The molecule has 2 rings (SSSR count). The molecule has 0 saturated carbocycles. The Labute approximate surface area is 122 Å². The second-order valence-corrected chi connectivity index (χ2v) is 5.78. The highest BCUT2D eigenvalue weighted by Crippen LogP contribution is 2.25. The fourth-order valence-electron chi connectivity index (χ4n) is 3.14. The molecule has 1 heterocycles. The van der Waals surface area contributed by atoms with Crippen LogP contribution < -0.4 is 5.73 Å². The van der Waals surface area contributed by atoms with Gasteiger partial charge >= 0.3 is 0 Å². The van der Waals surface area contributed by atoms with Gasteiger partial charge in [0.05, 0.1) is 6.61 Å². The van der Waals surface area contributed by atoms with Crippen molar-refractivity contribution in [1.82, 2.24) is 9.80 Å². The Hall–Kier alpha value is -0.940. The molecule has 0 amide bonds. The lowest BCUT2D eigenvalue weighted by molar-refractivity contribution is 0.0634. The summed E-state index contributed by atoms with van der Waals surface area (Å²) >= 11 is 0. The topological polar surface area (TPSA) is 41.7 Å². The molecule has 1 saturated heterocycles. The SMILES string of the molecule is COCc1cccc(C(CN)N2CCN(C)CC2C)c1. The minimum absolute atomic E-state index is 0.301. The number of methoxy groups -OCH3 is 1. The van der Waals surface area contributed by atoms with E-state index in [-0.39, 0.29) is 0 Å². The Morgan fingerprint density at radius 2 is 2.20 bits per heavy atom. The van der Waals surface area contributed by atoms with Gasteiger partial charge in [-0.1, -0.05) is 24.3 Å². The highest BCUT2D eigenvalue weighted by atomic mass is 16.5. The Morgan fingerprint density at radius 1 is 1.40 bits per heavy atom. The predicted octanol–water partition coefficient (Wildman–Crippen LogP) is 1.47. The molecule has 4 heteroatoms.